The number of rotatable bonds is 60. The van der Waals surface area contributed by atoms with Crippen LogP contribution in [0, 0.1) is 34.9 Å². The van der Waals surface area contributed by atoms with Crippen LogP contribution < -0.4 is 56.8 Å². The van der Waals surface area contributed by atoms with Crippen LogP contribution in [-0.4, -0.2) is 75.5 Å². The number of ether oxygens (including phenoxy) is 12. The molecule has 0 saturated carbocycles. The van der Waals surface area contributed by atoms with Gasteiger partial charge in [-0.1, -0.05) is 234 Å². The Morgan fingerprint density at radius 1 is 0.174 bits per heavy atom. The van der Waals surface area contributed by atoms with Crippen LogP contribution in [0.15, 0.2) is 146 Å². The smallest absolute Gasteiger partial charge is 0.343 e. The second-order valence-corrected chi connectivity index (χ2v) is 33.4. The van der Waals surface area contributed by atoms with Gasteiger partial charge in [-0.15, -0.1) is 0 Å². The van der Waals surface area contributed by atoms with E-state index >= 15 is 26.3 Å². The van der Waals surface area contributed by atoms with Crippen LogP contribution in [-0.2, 0) is 0 Å². The fourth-order valence-electron chi connectivity index (χ4n) is 15.3. The largest absolute Gasteiger partial charge is 0.491 e. The number of carbonyl (C=O) groups excluding carboxylic acids is 6. The monoisotopic (exact) mass is 1820 g/mol. The average molecular weight is 1830 g/mol. The summed E-state index contributed by atoms with van der Waals surface area (Å²) in [5.74, 6) is -17.2. The highest BCUT2D eigenvalue weighted by Crippen LogP contribution is 2.49. The van der Waals surface area contributed by atoms with Gasteiger partial charge in [0, 0.05) is 0 Å². The third-order valence-electron chi connectivity index (χ3n) is 22.9. The van der Waals surface area contributed by atoms with Crippen LogP contribution in [0.3, 0.4) is 0 Å². The molecule has 0 aromatic heterocycles. The van der Waals surface area contributed by atoms with Gasteiger partial charge in [0.05, 0.1) is 73.0 Å². The van der Waals surface area contributed by atoms with Crippen molar-refractivity contribution in [3.8, 4) is 69.0 Å². The lowest BCUT2D eigenvalue weighted by Crippen LogP contribution is -2.14. The quantitative estimate of drug-likeness (QED) is 0.0114. The van der Waals surface area contributed by atoms with E-state index in [1.807, 2.05) is 0 Å². The maximum absolute atomic E-state index is 16.3. The Kier molecular flexibility index (Phi) is 42.5. The maximum atomic E-state index is 16.3. The van der Waals surface area contributed by atoms with Crippen molar-refractivity contribution in [2.45, 2.75) is 273 Å². The minimum absolute atomic E-state index is 0.0377. The second-order valence-electron chi connectivity index (χ2n) is 33.4. The highest BCUT2D eigenvalue weighted by Gasteiger charge is 2.30. The molecule has 10 aromatic carbocycles. The molecule has 0 radical (unpaired) electrons. The van der Waals surface area contributed by atoms with Crippen molar-refractivity contribution in [2.24, 2.45) is 0 Å². The van der Waals surface area contributed by atoms with Crippen LogP contribution >= 0.6 is 0 Å². The molecule has 0 saturated heterocycles. The first-order chi connectivity index (χ1) is 64.2. The van der Waals surface area contributed by atoms with Crippen molar-refractivity contribution in [3.05, 3.63) is 214 Å². The standard InChI is InChI=1S/C108H126F6O18/c1-7-13-19-25-31-37-55-121-91-49-43-73(61-85(91)109)103(115)127-97-67-79-80(68-98(97)128-104(116)74-44-50-92(86(110)62-74)122-56-38-32-26-20-14-8-2)82-70-100(130-106(118)76-46-52-94(88(112)64-76)124-58-40-34-28-22-16-10-4)102(132-108(120)78-48-54-96(90(114)66-78)126-60-42-36-30-24-18-12-6)72-84(82)83-71-101(131-107(119)77-47-53-95(89(113)65-77)125-59-41-35-29-23-17-11-5)99(69-81(79)83)129-105(117)75-45-51-93(87(111)63-75)123-57-39-33-27-21-15-9-3/h43-54,61-72H,7-42,55-60H2,1-6H3. The Hall–Kier alpha value is -11.8. The summed E-state index contributed by atoms with van der Waals surface area (Å²) in [6.07, 6.45) is 33.7. The molecule has 10 rings (SSSR count). The van der Waals surface area contributed by atoms with Gasteiger partial charge in [0.25, 0.3) is 0 Å². The van der Waals surface area contributed by atoms with Gasteiger partial charge >= 0.3 is 35.8 Å². The molecule has 0 fully saturated rings. The van der Waals surface area contributed by atoms with Gasteiger partial charge in [0.15, 0.2) is 104 Å². The van der Waals surface area contributed by atoms with Crippen molar-refractivity contribution < 1.29 is 112 Å². The third-order valence-corrected chi connectivity index (χ3v) is 22.9. The zero-order valence-corrected chi connectivity index (χ0v) is 77.2. The number of halogens is 6. The first kappa shape index (κ1) is 102. The van der Waals surface area contributed by atoms with E-state index in [2.05, 4.69) is 41.5 Å². The van der Waals surface area contributed by atoms with Crippen molar-refractivity contribution in [3.63, 3.8) is 0 Å². The number of hydrogen-bond acceptors (Lipinski definition) is 18. The molecule has 0 heterocycles. The van der Waals surface area contributed by atoms with E-state index in [4.69, 9.17) is 56.8 Å². The first-order valence-corrected chi connectivity index (χ1v) is 47.6. The normalized spacial score (nSPS) is 11.3. The summed E-state index contributed by atoms with van der Waals surface area (Å²) < 4.78 is 170. The molecule has 24 heteroatoms. The summed E-state index contributed by atoms with van der Waals surface area (Å²) in [5, 5.41) is -0.226. The van der Waals surface area contributed by atoms with E-state index < -0.39 is 105 Å². The van der Waals surface area contributed by atoms with E-state index in [1.54, 1.807) is 0 Å². The highest BCUT2D eigenvalue weighted by molar-refractivity contribution is 6.27. The lowest BCUT2D eigenvalue weighted by atomic mass is 9.93. The molecule has 0 aliphatic carbocycles. The summed E-state index contributed by atoms with van der Waals surface area (Å²) in [4.78, 5) is 89.5. The van der Waals surface area contributed by atoms with E-state index in [1.165, 1.54) is 109 Å². The molecule has 0 aliphatic heterocycles. The summed E-state index contributed by atoms with van der Waals surface area (Å²) in [5.41, 5.74) is -2.15. The summed E-state index contributed by atoms with van der Waals surface area (Å²) in [6, 6.07) is 27.8. The molecular formula is C108H126F6O18. The van der Waals surface area contributed by atoms with Gasteiger partial charge < -0.3 is 56.8 Å². The Morgan fingerprint density at radius 2 is 0.303 bits per heavy atom. The number of esters is 6. The molecule has 0 N–H and O–H groups in total. The summed E-state index contributed by atoms with van der Waals surface area (Å²) in [7, 11) is 0. The number of fused-ring (bicyclic) bond motifs is 6. The molecule has 0 aliphatic rings. The average Bonchev–Trinajstić information content (AvgIpc) is 0.720. The molecule has 0 atom stereocenters. The highest BCUT2D eigenvalue weighted by atomic mass is 19.1. The van der Waals surface area contributed by atoms with Crippen LogP contribution in [0.5, 0.6) is 69.0 Å². The van der Waals surface area contributed by atoms with Gasteiger partial charge in [0.2, 0.25) is 0 Å². The molecule has 708 valence electrons. The fraction of sp³-hybridized carbons (Fsp3) is 0.444. The van der Waals surface area contributed by atoms with Crippen molar-refractivity contribution in [1.82, 2.24) is 0 Å². The molecule has 0 amide bonds. The SMILES string of the molecule is CCCCCCCCOc1ccc(C(=O)Oc2cc3c4cc(OC(=O)c5ccc(OCCCCCCCC)c(F)c5)c(OC(=O)c5ccc(OCCCCCCCC)c(F)c5)cc4c4cc(OC(=O)c5ccc(OCCCCCCCC)c(F)c5)c(OC(=O)c5ccc(OCCCCCCCC)c(F)c5)cc4c3cc2OC(=O)c2ccc(OCCCCCCCC)c(F)c2)cc1F. The number of benzene rings is 10. The lowest BCUT2D eigenvalue weighted by Gasteiger charge is -2.19. The van der Waals surface area contributed by atoms with E-state index in [9.17, 15) is 28.8 Å². The van der Waals surface area contributed by atoms with Gasteiger partial charge in [-0.3, -0.25) is 0 Å². The first-order valence-electron chi connectivity index (χ1n) is 47.6. The van der Waals surface area contributed by atoms with Gasteiger partial charge in [-0.25, -0.2) is 55.1 Å². The molecule has 10 aromatic rings. The molecular weight excluding hydrogens is 1700 g/mol. The maximum Gasteiger partial charge on any atom is 0.343 e. The van der Waals surface area contributed by atoms with Crippen LogP contribution in [0.4, 0.5) is 26.3 Å². The molecule has 18 nitrogen and oxygen atoms in total. The summed E-state index contributed by atoms with van der Waals surface area (Å²) in [6.45, 7) is 13.7. The van der Waals surface area contributed by atoms with E-state index in [0.29, 0.717) is 38.5 Å². The van der Waals surface area contributed by atoms with Gasteiger partial charge in [-0.2, -0.15) is 0 Å². The molecule has 0 bridgehead atoms. The lowest BCUT2D eigenvalue weighted by molar-refractivity contribution is 0.0682. The molecule has 132 heavy (non-hydrogen) atoms. The Morgan fingerprint density at radius 3 is 0.432 bits per heavy atom. The predicted octanol–water partition coefficient (Wildman–Crippen LogP) is 29.7. The van der Waals surface area contributed by atoms with Crippen LogP contribution in [0.2, 0.25) is 0 Å². The minimum Gasteiger partial charge on any atom is -0.491 e. The number of carbonyl (C=O) groups is 6. The number of hydrogen-bond donors (Lipinski definition) is 0. The second kappa shape index (κ2) is 54.9. The topological polar surface area (TPSA) is 213 Å². The zero-order valence-electron chi connectivity index (χ0n) is 77.2. The van der Waals surface area contributed by atoms with Gasteiger partial charge in [0.1, 0.15) is 0 Å². The van der Waals surface area contributed by atoms with E-state index in [0.717, 1.165) is 229 Å². The molecule has 0 spiro atoms. The minimum atomic E-state index is -1.22. The summed E-state index contributed by atoms with van der Waals surface area (Å²) >= 11 is 0. The van der Waals surface area contributed by atoms with E-state index in [-0.39, 0.29) is 140 Å². The van der Waals surface area contributed by atoms with Crippen LogP contribution in [0.25, 0.3) is 32.3 Å². The predicted molar refractivity (Wildman–Crippen MR) is 500 cm³/mol. The van der Waals surface area contributed by atoms with Crippen LogP contribution in [0.1, 0.15) is 335 Å². The van der Waals surface area contributed by atoms with Crippen molar-refractivity contribution >= 4 is 68.1 Å². The Balaban J connectivity index is 1.18. The number of unbranched alkanes of at least 4 members (excludes halogenated alkanes) is 30. The fourth-order valence-corrected chi connectivity index (χ4v) is 15.3. The Bertz CT molecular complexity index is 4570. The third kappa shape index (κ3) is 31.2. The zero-order chi connectivity index (χ0) is 93.9. The Labute approximate surface area is 771 Å². The van der Waals surface area contributed by atoms with Crippen molar-refractivity contribution in [2.75, 3.05) is 39.6 Å². The van der Waals surface area contributed by atoms with Gasteiger partial charge in [-0.05, 0) is 216 Å². The molecule has 0 unspecified atom stereocenters. The van der Waals surface area contributed by atoms with Crippen molar-refractivity contribution in [1.29, 1.82) is 0 Å².